The number of fused-ring (bicyclic) bond motifs is 1. The summed E-state index contributed by atoms with van der Waals surface area (Å²) in [7, 11) is 0. The lowest BCUT2D eigenvalue weighted by Gasteiger charge is -2.09. The zero-order valence-corrected chi connectivity index (χ0v) is 12.9. The third-order valence-corrected chi connectivity index (χ3v) is 3.66. The summed E-state index contributed by atoms with van der Waals surface area (Å²) in [5, 5.41) is 4.40. The van der Waals surface area contributed by atoms with E-state index < -0.39 is 5.91 Å². The number of hydrogen-bond acceptors (Lipinski definition) is 2. The molecule has 4 heteroatoms. The summed E-state index contributed by atoms with van der Waals surface area (Å²) in [6.07, 6.45) is 1.56. The SMILES string of the molecule is NC(=O)/C(=C/c1ccccc1)NC(=O)c1cccc2ccccc12. The van der Waals surface area contributed by atoms with Crippen molar-refractivity contribution >= 4 is 28.7 Å². The highest BCUT2D eigenvalue weighted by Gasteiger charge is 2.14. The molecule has 24 heavy (non-hydrogen) atoms. The average Bonchev–Trinajstić information content (AvgIpc) is 2.61. The molecule has 0 fully saturated rings. The minimum absolute atomic E-state index is 0.0548. The first-order chi connectivity index (χ1) is 11.6. The Kier molecular flexibility index (Phi) is 4.38. The van der Waals surface area contributed by atoms with Crippen LogP contribution >= 0.6 is 0 Å². The largest absolute Gasteiger partial charge is 0.364 e. The van der Waals surface area contributed by atoms with E-state index in [1.165, 1.54) is 0 Å². The van der Waals surface area contributed by atoms with Crippen LogP contribution in [0.3, 0.4) is 0 Å². The van der Waals surface area contributed by atoms with Crippen molar-refractivity contribution in [1.29, 1.82) is 0 Å². The van der Waals surface area contributed by atoms with Crippen LogP contribution in [0.25, 0.3) is 16.8 Å². The quantitative estimate of drug-likeness (QED) is 0.726. The summed E-state index contributed by atoms with van der Waals surface area (Å²) in [5.74, 6) is -1.06. The fraction of sp³-hybridized carbons (Fsp3) is 0. The van der Waals surface area contributed by atoms with E-state index in [2.05, 4.69) is 5.32 Å². The number of benzene rings is 3. The van der Waals surface area contributed by atoms with E-state index in [1.807, 2.05) is 66.7 Å². The topological polar surface area (TPSA) is 72.2 Å². The van der Waals surface area contributed by atoms with Crippen molar-refractivity contribution in [2.24, 2.45) is 5.73 Å². The zero-order chi connectivity index (χ0) is 16.9. The molecule has 0 aliphatic rings. The average molecular weight is 316 g/mol. The predicted octanol–water partition coefficient (Wildman–Crippen LogP) is 3.10. The van der Waals surface area contributed by atoms with Gasteiger partial charge in [-0.25, -0.2) is 0 Å². The van der Waals surface area contributed by atoms with Gasteiger partial charge in [0.05, 0.1) is 0 Å². The van der Waals surface area contributed by atoms with Crippen molar-refractivity contribution in [2.45, 2.75) is 0 Å². The Morgan fingerprint density at radius 1 is 0.833 bits per heavy atom. The molecule has 0 saturated heterocycles. The lowest BCUT2D eigenvalue weighted by atomic mass is 10.0. The van der Waals surface area contributed by atoms with Crippen molar-refractivity contribution in [3.05, 3.63) is 89.6 Å². The minimum Gasteiger partial charge on any atom is -0.364 e. The Labute approximate surface area is 139 Å². The first kappa shape index (κ1) is 15.5. The molecule has 0 radical (unpaired) electrons. The van der Waals surface area contributed by atoms with E-state index in [1.54, 1.807) is 12.1 Å². The Bertz CT molecular complexity index is 925. The van der Waals surface area contributed by atoms with Crippen LogP contribution in [0.15, 0.2) is 78.5 Å². The molecule has 0 bridgehead atoms. The van der Waals surface area contributed by atoms with Gasteiger partial charge in [-0.2, -0.15) is 0 Å². The molecule has 3 N–H and O–H groups in total. The Morgan fingerprint density at radius 3 is 2.25 bits per heavy atom. The molecule has 118 valence electrons. The van der Waals surface area contributed by atoms with E-state index in [0.29, 0.717) is 5.56 Å². The third-order valence-electron chi connectivity index (χ3n) is 3.66. The standard InChI is InChI=1S/C20H16N2O2/c21-19(23)18(13-14-7-2-1-3-8-14)22-20(24)17-12-6-10-15-9-4-5-11-16(15)17/h1-13H,(H2,21,23)(H,22,24)/b18-13-. The molecule has 0 atom stereocenters. The number of rotatable bonds is 4. The fourth-order valence-corrected chi connectivity index (χ4v) is 2.50. The second-order valence-corrected chi connectivity index (χ2v) is 5.31. The van der Waals surface area contributed by atoms with Crippen molar-refractivity contribution in [3.8, 4) is 0 Å². The minimum atomic E-state index is -0.688. The molecule has 3 aromatic rings. The van der Waals surface area contributed by atoms with Gasteiger partial charge in [-0.15, -0.1) is 0 Å². The van der Waals surface area contributed by atoms with Crippen LogP contribution < -0.4 is 11.1 Å². The molecule has 2 amide bonds. The normalized spacial score (nSPS) is 11.2. The summed E-state index contributed by atoms with van der Waals surface area (Å²) in [6.45, 7) is 0. The monoisotopic (exact) mass is 316 g/mol. The molecule has 0 aromatic heterocycles. The van der Waals surface area contributed by atoms with Gasteiger partial charge in [0.15, 0.2) is 0 Å². The van der Waals surface area contributed by atoms with Gasteiger partial charge < -0.3 is 11.1 Å². The molecule has 0 saturated carbocycles. The number of nitrogens with two attached hydrogens (primary N) is 1. The van der Waals surface area contributed by atoms with Crippen LogP contribution in [0.1, 0.15) is 15.9 Å². The van der Waals surface area contributed by atoms with Gasteiger partial charge in [0, 0.05) is 5.56 Å². The Hall–Kier alpha value is -3.40. The van der Waals surface area contributed by atoms with E-state index in [4.69, 9.17) is 5.73 Å². The number of nitrogens with one attached hydrogen (secondary N) is 1. The van der Waals surface area contributed by atoms with Gasteiger partial charge in [0.2, 0.25) is 0 Å². The van der Waals surface area contributed by atoms with Crippen LogP contribution in [0.5, 0.6) is 0 Å². The lowest BCUT2D eigenvalue weighted by molar-refractivity contribution is -0.114. The first-order valence-corrected chi connectivity index (χ1v) is 7.51. The molecular weight excluding hydrogens is 300 g/mol. The number of amides is 2. The summed E-state index contributed by atoms with van der Waals surface area (Å²) in [5.41, 5.74) is 6.73. The van der Waals surface area contributed by atoms with Crippen LogP contribution in [0.4, 0.5) is 0 Å². The second kappa shape index (κ2) is 6.79. The molecule has 3 rings (SSSR count). The highest BCUT2D eigenvalue weighted by Crippen LogP contribution is 2.18. The van der Waals surface area contributed by atoms with Crippen molar-refractivity contribution in [1.82, 2.24) is 5.32 Å². The maximum absolute atomic E-state index is 12.6. The van der Waals surface area contributed by atoms with Crippen molar-refractivity contribution in [3.63, 3.8) is 0 Å². The van der Waals surface area contributed by atoms with E-state index in [0.717, 1.165) is 16.3 Å². The molecule has 0 heterocycles. The molecular formula is C20H16N2O2. The highest BCUT2D eigenvalue weighted by atomic mass is 16.2. The van der Waals surface area contributed by atoms with E-state index in [9.17, 15) is 9.59 Å². The van der Waals surface area contributed by atoms with Gasteiger partial charge >= 0.3 is 0 Å². The van der Waals surface area contributed by atoms with Gasteiger partial charge in [-0.1, -0.05) is 66.7 Å². The maximum atomic E-state index is 12.6. The molecule has 0 unspecified atom stereocenters. The molecule has 4 nitrogen and oxygen atoms in total. The third kappa shape index (κ3) is 3.33. The van der Waals surface area contributed by atoms with Crippen LogP contribution in [0, 0.1) is 0 Å². The van der Waals surface area contributed by atoms with Gasteiger partial charge in [-0.3, -0.25) is 9.59 Å². The van der Waals surface area contributed by atoms with Crippen LogP contribution in [-0.2, 0) is 4.79 Å². The van der Waals surface area contributed by atoms with E-state index >= 15 is 0 Å². The number of hydrogen-bond donors (Lipinski definition) is 2. The first-order valence-electron chi connectivity index (χ1n) is 7.51. The Balaban J connectivity index is 1.94. The van der Waals surface area contributed by atoms with Crippen molar-refractivity contribution in [2.75, 3.05) is 0 Å². The number of primary amides is 1. The van der Waals surface area contributed by atoms with Gasteiger partial charge in [0.25, 0.3) is 11.8 Å². The van der Waals surface area contributed by atoms with Crippen LogP contribution in [0.2, 0.25) is 0 Å². The Morgan fingerprint density at radius 2 is 1.50 bits per heavy atom. The lowest BCUT2D eigenvalue weighted by Crippen LogP contribution is -2.31. The molecule has 0 aliphatic heterocycles. The summed E-state index contributed by atoms with van der Waals surface area (Å²) in [6, 6.07) is 22.3. The molecule has 0 spiro atoms. The highest BCUT2D eigenvalue weighted by molar-refractivity contribution is 6.10. The van der Waals surface area contributed by atoms with E-state index in [-0.39, 0.29) is 11.6 Å². The summed E-state index contributed by atoms with van der Waals surface area (Å²) in [4.78, 5) is 24.3. The van der Waals surface area contributed by atoms with Gasteiger partial charge in [0.1, 0.15) is 5.70 Å². The van der Waals surface area contributed by atoms with Crippen molar-refractivity contribution < 1.29 is 9.59 Å². The maximum Gasteiger partial charge on any atom is 0.265 e. The number of carbonyl (C=O) groups is 2. The predicted molar refractivity (Wildman–Crippen MR) is 95.0 cm³/mol. The molecule has 3 aromatic carbocycles. The van der Waals surface area contributed by atoms with Crippen LogP contribution in [-0.4, -0.2) is 11.8 Å². The summed E-state index contributed by atoms with van der Waals surface area (Å²) < 4.78 is 0. The number of carbonyl (C=O) groups excluding carboxylic acids is 2. The fourth-order valence-electron chi connectivity index (χ4n) is 2.50. The van der Waals surface area contributed by atoms with Gasteiger partial charge in [-0.05, 0) is 28.5 Å². The zero-order valence-electron chi connectivity index (χ0n) is 12.9. The smallest absolute Gasteiger partial charge is 0.265 e. The molecule has 0 aliphatic carbocycles. The summed E-state index contributed by atoms with van der Waals surface area (Å²) >= 11 is 0. The second-order valence-electron chi connectivity index (χ2n) is 5.31.